The van der Waals surface area contributed by atoms with E-state index in [2.05, 4.69) is 5.32 Å². The maximum Gasteiger partial charge on any atom is 0.269 e. The number of nitrogens with zero attached hydrogens (tertiary/aromatic N) is 2. The smallest absolute Gasteiger partial charge is 0.269 e. The van der Waals surface area contributed by atoms with Crippen molar-refractivity contribution in [1.82, 2.24) is 5.32 Å². The first-order chi connectivity index (χ1) is 12.7. The fourth-order valence-electron chi connectivity index (χ4n) is 3.78. The average molecular weight is 376 g/mol. The molecule has 5 nitrogen and oxygen atoms in total. The highest BCUT2D eigenvalue weighted by Gasteiger charge is 2.18. The van der Waals surface area contributed by atoms with Gasteiger partial charge in [0, 0.05) is 23.9 Å². The van der Waals surface area contributed by atoms with Gasteiger partial charge in [-0.2, -0.15) is 0 Å². The molecule has 0 bridgehead atoms. The molecule has 2 fully saturated rings. The maximum absolute atomic E-state index is 10.8. The standard InChI is InChI=1S/C20H29N3O2S/c24-23(25)19-13-11-16(12-14-19)15-26-20(21-17-7-3-1-4-8-17)22-18-9-5-2-6-10-18/h11-14,17-18H,1-10,15H2,(H,21,22). The zero-order valence-corrected chi connectivity index (χ0v) is 16.2. The van der Waals surface area contributed by atoms with Crippen LogP contribution in [0.3, 0.4) is 0 Å². The minimum absolute atomic E-state index is 0.148. The molecule has 26 heavy (non-hydrogen) atoms. The Bertz CT molecular complexity index is 606. The SMILES string of the molecule is O=[N+]([O-])c1ccc(CSC(=NC2CCCCC2)NC2CCCCC2)cc1. The third kappa shape index (κ3) is 6.01. The van der Waals surface area contributed by atoms with Gasteiger partial charge >= 0.3 is 0 Å². The van der Waals surface area contributed by atoms with Crippen LogP contribution in [0.25, 0.3) is 0 Å². The minimum Gasteiger partial charge on any atom is -0.362 e. The van der Waals surface area contributed by atoms with Crippen LogP contribution >= 0.6 is 11.8 Å². The summed E-state index contributed by atoms with van der Waals surface area (Å²) in [5.41, 5.74) is 1.25. The lowest BCUT2D eigenvalue weighted by atomic mass is 9.95. The zero-order valence-electron chi connectivity index (χ0n) is 15.4. The molecule has 2 aliphatic carbocycles. The van der Waals surface area contributed by atoms with Gasteiger partial charge in [0.05, 0.1) is 11.0 Å². The van der Waals surface area contributed by atoms with Gasteiger partial charge in [-0.3, -0.25) is 15.1 Å². The molecule has 1 N–H and O–H groups in total. The van der Waals surface area contributed by atoms with Crippen molar-refractivity contribution >= 4 is 22.6 Å². The van der Waals surface area contributed by atoms with Gasteiger partial charge in [-0.05, 0) is 31.2 Å². The summed E-state index contributed by atoms with van der Waals surface area (Å²) in [5, 5.41) is 15.6. The molecular weight excluding hydrogens is 346 g/mol. The van der Waals surface area contributed by atoms with Gasteiger partial charge in [0.1, 0.15) is 0 Å². The Balaban J connectivity index is 1.61. The van der Waals surface area contributed by atoms with E-state index in [1.165, 1.54) is 64.2 Å². The predicted octanol–water partition coefficient (Wildman–Crippen LogP) is 5.44. The first-order valence-corrected chi connectivity index (χ1v) is 10.9. The molecule has 0 atom stereocenters. The highest BCUT2D eigenvalue weighted by Crippen LogP contribution is 2.24. The van der Waals surface area contributed by atoms with Crippen LogP contribution in [0, 0.1) is 10.1 Å². The van der Waals surface area contributed by atoms with E-state index >= 15 is 0 Å². The molecule has 1 aromatic carbocycles. The number of thioether (sulfide) groups is 1. The number of nitrogens with one attached hydrogen (secondary N) is 1. The third-order valence-electron chi connectivity index (χ3n) is 5.33. The van der Waals surface area contributed by atoms with E-state index in [1.54, 1.807) is 23.9 Å². The molecule has 142 valence electrons. The summed E-state index contributed by atoms with van der Waals surface area (Å²) in [6.45, 7) is 0. The topological polar surface area (TPSA) is 67.5 Å². The lowest BCUT2D eigenvalue weighted by molar-refractivity contribution is -0.384. The first-order valence-electron chi connectivity index (χ1n) is 9.91. The summed E-state index contributed by atoms with van der Waals surface area (Å²) >= 11 is 1.75. The second kappa shape index (κ2) is 9.95. The molecule has 0 aromatic heterocycles. The lowest BCUT2D eigenvalue weighted by Gasteiger charge is -2.26. The summed E-state index contributed by atoms with van der Waals surface area (Å²) in [4.78, 5) is 15.5. The highest BCUT2D eigenvalue weighted by atomic mass is 32.2. The Morgan fingerprint density at radius 2 is 1.65 bits per heavy atom. The molecule has 0 unspecified atom stereocenters. The summed E-state index contributed by atoms with van der Waals surface area (Å²) in [6.07, 6.45) is 12.8. The molecule has 2 saturated carbocycles. The molecule has 1 aromatic rings. The Morgan fingerprint density at radius 3 is 2.27 bits per heavy atom. The van der Waals surface area contributed by atoms with Crippen LogP contribution in [0.2, 0.25) is 0 Å². The Labute approximate surface area is 160 Å². The van der Waals surface area contributed by atoms with E-state index in [1.807, 2.05) is 12.1 Å². The second-order valence-electron chi connectivity index (χ2n) is 7.42. The van der Waals surface area contributed by atoms with Crippen LogP contribution < -0.4 is 5.32 Å². The summed E-state index contributed by atoms with van der Waals surface area (Å²) in [5.74, 6) is 0.795. The summed E-state index contributed by atoms with van der Waals surface area (Å²) < 4.78 is 0. The van der Waals surface area contributed by atoms with E-state index in [-0.39, 0.29) is 10.6 Å². The fourth-order valence-corrected chi connectivity index (χ4v) is 4.75. The molecule has 6 heteroatoms. The van der Waals surface area contributed by atoms with Crippen molar-refractivity contribution in [2.75, 3.05) is 0 Å². The number of aliphatic imine (C=N–C) groups is 1. The van der Waals surface area contributed by atoms with Crippen LogP contribution in [-0.2, 0) is 5.75 Å². The van der Waals surface area contributed by atoms with Crippen molar-refractivity contribution in [2.45, 2.75) is 82.0 Å². The molecular formula is C20H29N3O2S. The monoisotopic (exact) mass is 375 g/mol. The van der Waals surface area contributed by atoms with E-state index in [0.29, 0.717) is 12.1 Å². The van der Waals surface area contributed by atoms with Crippen LogP contribution in [0.5, 0.6) is 0 Å². The highest BCUT2D eigenvalue weighted by molar-refractivity contribution is 8.13. The average Bonchev–Trinajstić information content (AvgIpc) is 2.68. The molecule has 0 amide bonds. The number of rotatable bonds is 5. The molecule has 0 spiro atoms. The number of nitro benzene ring substituents is 1. The van der Waals surface area contributed by atoms with Gasteiger partial charge in [0.2, 0.25) is 0 Å². The van der Waals surface area contributed by atoms with Gasteiger partial charge in [0.15, 0.2) is 5.17 Å². The van der Waals surface area contributed by atoms with Crippen LogP contribution in [0.4, 0.5) is 5.69 Å². The third-order valence-corrected chi connectivity index (χ3v) is 6.30. The minimum atomic E-state index is -0.350. The maximum atomic E-state index is 10.8. The largest absolute Gasteiger partial charge is 0.362 e. The molecule has 0 heterocycles. The van der Waals surface area contributed by atoms with Crippen molar-refractivity contribution in [3.05, 3.63) is 39.9 Å². The Kier molecular flexibility index (Phi) is 7.35. The van der Waals surface area contributed by atoms with Crippen molar-refractivity contribution in [3.63, 3.8) is 0 Å². The predicted molar refractivity (Wildman–Crippen MR) is 109 cm³/mol. The van der Waals surface area contributed by atoms with Gasteiger partial charge in [-0.1, -0.05) is 62.4 Å². The number of benzene rings is 1. The quantitative estimate of drug-likeness (QED) is 0.322. The molecule has 2 aliphatic rings. The van der Waals surface area contributed by atoms with E-state index < -0.39 is 0 Å². The second-order valence-corrected chi connectivity index (χ2v) is 8.38. The first kappa shape index (κ1) is 19.2. The van der Waals surface area contributed by atoms with E-state index in [9.17, 15) is 10.1 Å². The van der Waals surface area contributed by atoms with E-state index in [4.69, 9.17) is 4.99 Å². The van der Waals surface area contributed by atoms with Crippen LogP contribution in [0.1, 0.15) is 69.8 Å². The molecule has 0 radical (unpaired) electrons. The normalized spacial score (nSPS) is 20.1. The number of nitro groups is 1. The van der Waals surface area contributed by atoms with Crippen molar-refractivity contribution in [1.29, 1.82) is 0 Å². The van der Waals surface area contributed by atoms with Gasteiger partial charge < -0.3 is 5.32 Å². The lowest BCUT2D eigenvalue weighted by Crippen LogP contribution is -2.35. The van der Waals surface area contributed by atoms with Crippen molar-refractivity contribution in [3.8, 4) is 0 Å². The van der Waals surface area contributed by atoms with Crippen molar-refractivity contribution in [2.24, 2.45) is 4.99 Å². The molecule has 0 aliphatic heterocycles. The Hall–Kier alpha value is -1.56. The summed E-state index contributed by atoms with van der Waals surface area (Å²) in [7, 11) is 0. The number of amidine groups is 1. The van der Waals surface area contributed by atoms with Gasteiger partial charge in [-0.25, -0.2) is 0 Å². The van der Waals surface area contributed by atoms with Crippen LogP contribution in [-0.4, -0.2) is 22.2 Å². The fraction of sp³-hybridized carbons (Fsp3) is 0.650. The van der Waals surface area contributed by atoms with Gasteiger partial charge in [-0.15, -0.1) is 0 Å². The number of hydrogen-bond donors (Lipinski definition) is 1. The Morgan fingerprint density at radius 1 is 1.04 bits per heavy atom. The van der Waals surface area contributed by atoms with Crippen LogP contribution in [0.15, 0.2) is 29.3 Å². The molecule has 3 rings (SSSR count). The molecule has 0 saturated heterocycles. The van der Waals surface area contributed by atoms with Crippen molar-refractivity contribution < 1.29 is 4.92 Å². The summed E-state index contributed by atoms with van der Waals surface area (Å²) in [6, 6.07) is 7.88. The van der Waals surface area contributed by atoms with E-state index in [0.717, 1.165) is 16.5 Å². The van der Waals surface area contributed by atoms with Gasteiger partial charge in [0.25, 0.3) is 5.69 Å². The zero-order chi connectivity index (χ0) is 18.2. The number of non-ortho nitro benzene ring substituents is 1. The number of hydrogen-bond acceptors (Lipinski definition) is 4.